The lowest BCUT2D eigenvalue weighted by Gasteiger charge is -2.44. The first-order valence-corrected chi connectivity index (χ1v) is 19.0. The van der Waals surface area contributed by atoms with Crippen molar-refractivity contribution in [1.29, 1.82) is 0 Å². The van der Waals surface area contributed by atoms with Crippen LogP contribution in [0.5, 0.6) is 23.0 Å². The highest BCUT2D eigenvalue weighted by molar-refractivity contribution is 5.88. The predicted octanol–water partition coefficient (Wildman–Crippen LogP) is -4.16. The van der Waals surface area contributed by atoms with Crippen molar-refractivity contribution in [2.45, 2.75) is 104 Å². The molecule has 0 bridgehead atoms. The molecule has 1 aromatic heterocycles. The van der Waals surface area contributed by atoms with E-state index in [1.165, 1.54) is 44.4 Å². The Kier molecular flexibility index (Phi) is 13.1. The maximum Gasteiger partial charge on any atom is 0.239 e. The van der Waals surface area contributed by atoms with E-state index in [4.69, 9.17) is 47.0 Å². The van der Waals surface area contributed by atoms with Crippen LogP contribution in [-0.4, -0.2) is 199 Å². The standard InChI is InChI=1S/C38H48O23/c1-14-22(42)26(46)30(61-36-32(49)38(51,13-56-36)12-55-35-31(48)37(50,10-39)11-54-35)34(57-14)53-9-20-23(43)25(45)27(47)33(59-20)60-29-24(44)21-18(41)7-17(52-2)8-19(21)58-28(29)15-3-5-16(40)6-4-15/h3-8,14,20,22-23,25-27,30-36,39-43,45-51H,9-13H2,1-2H3/t14-,20+,22-,23+,25-,26+,27+,30+,31-,32-,33-,34+,35?,36?,37+,38+/m0/s1. The molecule has 61 heavy (non-hydrogen) atoms. The second kappa shape index (κ2) is 17.7. The van der Waals surface area contributed by atoms with Crippen LogP contribution in [0.15, 0.2) is 45.6 Å². The Hall–Kier alpha value is -3.83. The molecule has 2 aromatic carbocycles. The molecule has 23 heteroatoms. The summed E-state index contributed by atoms with van der Waals surface area (Å²) in [5.41, 5.74) is -5.11. The molecule has 16 atom stereocenters. The molecule has 4 aliphatic rings. The van der Waals surface area contributed by atoms with Crippen molar-refractivity contribution < 1.29 is 108 Å². The van der Waals surface area contributed by atoms with Crippen molar-refractivity contribution in [3.8, 4) is 34.3 Å². The monoisotopic (exact) mass is 872 g/mol. The number of benzene rings is 2. The van der Waals surface area contributed by atoms with Gasteiger partial charge < -0.3 is 108 Å². The van der Waals surface area contributed by atoms with E-state index in [1.54, 1.807) is 0 Å². The summed E-state index contributed by atoms with van der Waals surface area (Å²) in [5, 5.41) is 127. The number of fused-ring (bicyclic) bond motifs is 1. The summed E-state index contributed by atoms with van der Waals surface area (Å²) >= 11 is 0. The molecule has 23 nitrogen and oxygen atoms in total. The van der Waals surface area contributed by atoms with Crippen molar-refractivity contribution in [2.75, 3.05) is 40.1 Å². The minimum Gasteiger partial charge on any atom is -0.508 e. The smallest absolute Gasteiger partial charge is 0.239 e. The molecule has 3 aromatic rings. The fraction of sp³-hybridized carbons (Fsp3) is 0.605. The van der Waals surface area contributed by atoms with Crippen molar-refractivity contribution in [3.05, 3.63) is 46.6 Å². The molecule has 0 radical (unpaired) electrons. The summed E-state index contributed by atoms with van der Waals surface area (Å²) in [7, 11) is 1.33. The number of aromatic hydroxyl groups is 2. The molecule has 2 unspecified atom stereocenters. The Bertz CT molecular complexity index is 2050. The van der Waals surface area contributed by atoms with Gasteiger partial charge in [0.1, 0.15) is 94.4 Å². The number of phenols is 2. The van der Waals surface area contributed by atoms with Gasteiger partial charge in [-0.15, -0.1) is 0 Å². The van der Waals surface area contributed by atoms with Crippen LogP contribution >= 0.6 is 0 Å². The molecule has 4 saturated heterocycles. The van der Waals surface area contributed by atoms with Gasteiger partial charge in [-0.3, -0.25) is 4.79 Å². The first kappa shape index (κ1) is 45.2. The van der Waals surface area contributed by atoms with E-state index < -0.39 is 147 Å². The quantitative estimate of drug-likeness (QED) is 0.0775. The molecule has 4 aliphatic heterocycles. The van der Waals surface area contributed by atoms with Crippen molar-refractivity contribution in [2.24, 2.45) is 0 Å². The third kappa shape index (κ3) is 8.63. The fourth-order valence-corrected chi connectivity index (χ4v) is 7.24. The first-order chi connectivity index (χ1) is 28.9. The third-order valence-corrected chi connectivity index (χ3v) is 11.1. The molecular weight excluding hydrogens is 824 g/mol. The zero-order valence-electron chi connectivity index (χ0n) is 32.4. The number of hydrogen-bond donors (Lipinski definition) is 12. The Balaban J connectivity index is 1.08. The zero-order valence-corrected chi connectivity index (χ0v) is 32.4. The highest BCUT2D eigenvalue weighted by Gasteiger charge is 2.55. The van der Waals surface area contributed by atoms with Crippen molar-refractivity contribution in [1.82, 2.24) is 0 Å². The summed E-state index contributed by atoms with van der Waals surface area (Å²) in [6, 6.07) is 7.83. The van der Waals surface area contributed by atoms with Crippen LogP contribution in [0.3, 0.4) is 0 Å². The van der Waals surface area contributed by atoms with Crippen LogP contribution in [0.25, 0.3) is 22.3 Å². The van der Waals surface area contributed by atoms with Gasteiger partial charge in [0.2, 0.25) is 17.5 Å². The highest BCUT2D eigenvalue weighted by Crippen LogP contribution is 2.39. The number of methoxy groups -OCH3 is 1. The van der Waals surface area contributed by atoms with Crippen LogP contribution < -0.4 is 14.9 Å². The van der Waals surface area contributed by atoms with E-state index in [0.717, 1.165) is 6.07 Å². The lowest BCUT2D eigenvalue weighted by Crippen LogP contribution is -2.62. The largest absolute Gasteiger partial charge is 0.508 e. The van der Waals surface area contributed by atoms with Gasteiger partial charge in [-0.05, 0) is 31.2 Å². The molecule has 0 saturated carbocycles. The number of hydrogen-bond acceptors (Lipinski definition) is 23. The lowest BCUT2D eigenvalue weighted by atomic mass is 9.98. The molecule has 12 N–H and O–H groups in total. The van der Waals surface area contributed by atoms with Crippen LogP contribution in [0.1, 0.15) is 6.92 Å². The second-order valence-electron chi connectivity index (χ2n) is 15.3. The Morgan fingerprint density at radius 3 is 2.11 bits per heavy atom. The first-order valence-electron chi connectivity index (χ1n) is 19.0. The SMILES string of the molecule is COc1cc(O)c2c(=O)c(O[C@@H]3O[C@H](CO[C@@H]4O[C@@H](C)[C@H](O)[C@@H](O)[C@H]4OC4OC[C@](O)(COC5OC[C@](O)(CO)[C@H]5O)[C@H]4O)[C@@H](O)[C@H](O)[C@H]3O)c(-c3ccc(O)cc3)oc2c1. The van der Waals surface area contributed by atoms with Crippen LogP contribution in [0.2, 0.25) is 0 Å². The van der Waals surface area contributed by atoms with E-state index in [2.05, 4.69) is 0 Å². The van der Waals surface area contributed by atoms with E-state index in [0.29, 0.717) is 0 Å². The van der Waals surface area contributed by atoms with Gasteiger partial charge in [-0.25, -0.2) is 0 Å². The minimum atomic E-state index is -2.21. The van der Waals surface area contributed by atoms with Crippen molar-refractivity contribution in [3.63, 3.8) is 0 Å². The van der Waals surface area contributed by atoms with Gasteiger partial charge in [0, 0.05) is 17.7 Å². The van der Waals surface area contributed by atoms with Crippen LogP contribution in [0.4, 0.5) is 0 Å². The molecule has 338 valence electrons. The van der Waals surface area contributed by atoms with Gasteiger partial charge in [0.25, 0.3) is 0 Å². The zero-order chi connectivity index (χ0) is 44.1. The highest BCUT2D eigenvalue weighted by atomic mass is 16.8. The molecule has 0 aliphatic carbocycles. The summed E-state index contributed by atoms with van der Waals surface area (Å²) < 4.78 is 56.2. The molecule has 7 rings (SSSR count). The molecule has 0 spiro atoms. The van der Waals surface area contributed by atoms with Gasteiger partial charge in [0.05, 0.1) is 46.2 Å². The molecule has 4 fully saturated rings. The Morgan fingerprint density at radius 2 is 1.44 bits per heavy atom. The maximum absolute atomic E-state index is 14.0. The van der Waals surface area contributed by atoms with E-state index in [9.17, 15) is 66.1 Å². The number of phenolic OH excluding ortho intramolecular Hbond substituents is 2. The summed E-state index contributed by atoms with van der Waals surface area (Å²) in [5.74, 6) is -1.39. The number of rotatable bonds is 13. The normalized spacial score (nSPS) is 39.1. The topological polar surface area (TPSA) is 356 Å². The number of aliphatic hydroxyl groups excluding tert-OH is 8. The number of aliphatic hydroxyl groups is 10. The van der Waals surface area contributed by atoms with Crippen LogP contribution in [-0.2, 0) is 33.2 Å². The number of ether oxygens (including phenoxy) is 9. The fourth-order valence-electron chi connectivity index (χ4n) is 7.24. The summed E-state index contributed by atoms with van der Waals surface area (Å²) in [6.07, 6.45) is -24.0. The average molecular weight is 873 g/mol. The van der Waals surface area contributed by atoms with Crippen molar-refractivity contribution >= 4 is 11.0 Å². The van der Waals surface area contributed by atoms with Gasteiger partial charge in [-0.1, -0.05) is 0 Å². The Labute approximate surface area is 344 Å². The van der Waals surface area contributed by atoms with Gasteiger partial charge in [0.15, 0.2) is 24.6 Å². The van der Waals surface area contributed by atoms with E-state index >= 15 is 0 Å². The summed E-state index contributed by atoms with van der Waals surface area (Å²) in [6.45, 7) is -2.01. The average Bonchev–Trinajstić information content (AvgIpc) is 3.69. The lowest BCUT2D eigenvalue weighted by molar-refractivity contribution is -0.342. The summed E-state index contributed by atoms with van der Waals surface area (Å²) in [4.78, 5) is 14.0. The second-order valence-corrected chi connectivity index (χ2v) is 15.3. The maximum atomic E-state index is 14.0. The third-order valence-electron chi connectivity index (χ3n) is 11.1. The van der Waals surface area contributed by atoms with E-state index in [-0.39, 0.29) is 33.8 Å². The van der Waals surface area contributed by atoms with Gasteiger partial charge >= 0.3 is 0 Å². The van der Waals surface area contributed by atoms with E-state index in [1.807, 2.05) is 0 Å². The molecule has 5 heterocycles. The molecular formula is C38H48O23. The van der Waals surface area contributed by atoms with Crippen LogP contribution in [0, 0.1) is 0 Å². The Morgan fingerprint density at radius 1 is 0.770 bits per heavy atom. The molecule has 0 amide bonds. The predicted molar refractivity (Wildman–Crippen MR) is 197 cm³/mol. The minimum absolute atomic E-state index is 0.125. The van der Waals surface area contributed by atoms with Gasteiger partial charge in [-0.2, -0.15) is 0 Å².